The van der Waals surface area contributed by atoms with E-state index in [1.54, 1.807) is 4.90 Å². The van der Waals surface area contributed by atoms with Crippen molar-refractivity contribution in [2.24, 2.45) is 5.92 Å². The summed E-state index contributed by atoms with van der Waals surface area (Å²) in [4.78, 5) is 27.4. The Kier molecular flexibility index (Phi) is 11.2. The van der Waals surface area contributed by atoms with Crippen molar-refractivity contribution in [2.45, 2.75) is 55.7 Å². The van der Waals surface area contributed by atoms with Gasteiger partial charge in [0, 0.05) is 57.3 Å². The molecule has 4 atom stereocenters. The van der Waals surface area contributed by atoms with E-state index in [0.29, 0.717) is 12.3 Å². The lowest BCUT2D eigenvalue weighted by molar-refractivity contribution is -0.129. The van der Waals surface area contributed by atoms with E-state index in [1.165, 1.54) is 36.7 Å². The number of carbonyl (C=O) groups is 2. The highest BCUT2D eigenvalue weighted by molar-refractivity contribution is 7.89. The van der Waals surface area contributed by atoms with Gasteiger partial charge in [0.2, 0.25) is 21.8 Å². The summed E-state index contributed by atoms with van der Waals surface area (Å²) < 4.78 is 66.9. The highest BCUT2D eigenvalue weighted by atomic mass is 32.2. The number of benzene rings is 2. The highest BCUT2D eigenvalue weighted by Gasteiger charge is 2.39. The van der Waals surface area contributed by atoms with Crippen molar-refractivity contribution >= 4 is 21.8 Å². The normalized spacial score (nSPS) is 20.8. The molecule has 3 N–H and O–H groups in total. The smallest absolute Gasteiger partial charge is 0.243 e. The lowest BCUT2D eigenvalue weighted by Gasteiger charge is -2.38. The highest BCUT2D eigenvalue weighted by Crippen LogP contribution is 2.31. The van der Waals surface area contributed by atoms with Crippen LogP contribution in [0.2, 0.25) is 0 Å². The van der Waals surface area contributed by atoms with Crippen LogP contribution in [0.15, 0.2) is 41.3 Å². The van der Waals surface area contributed by atoms with Gasteiger partial charge in [-0.15, -0.1) is 0 Å². The van der Waals surface area contributed by atoms with Crippen LogP contribution in [-0.2, 0) is 26.0 Å². The Morgan fingerprint density at radius 2 is 1.82 bits per heavy atom. The second kappa shape index (κ2) is 14.6. The van der Waals surface area contributed by atoms with E-state index in [0.717, 1.165) is 31.0 Å². The second-order valence-electron chi connectivity index (χ2n) is 11.1. The number of aliphatic hydroxyl groups excluding tert-OH is 1. The molecular formula is C30H40F2N4O7S. The van der Waals surface area contributed by atoms with Crippen molar-refractivity contribution in [3.05, 3.63) is 53.6 Å². The van der Waals surface area contributed by atoms with Crippen molar-refractivity contribution in [2.75, 3.05) is 46.9 Å². The molecule has 2 aromatic rings. The topological polar surface area (TPSA) is 138 Å². The van der Waals surface area contributed by atoms with Gasteiger partial charge in [0.05, 0.1) is 37.2 Å². The molecule has 0 spiro atoms. The first-order chi connectivity index (χ1) is 21.0. The van der Waals surface area contributed by atoms with Crippen LogP contribution in [0.25, 0.3) is 0 Å². The van der Waals surface area contributed by atoms with Crippen LogP contribution >= 0.6 is 0 Å². The molecule has 242 valence electrons. The molecule has 0 saturated carbocycles. The monoisotopic (exact) mass is 638 g/mol. The van der Waals surface area contributed by atoms with Crippen molar-refractivity contribution in [1.82, 2.24) is 19.8 Å². The van der Waals surface area contributed by atoms with Crippen molar-refractivity contribution in [3.8, 4) is 11.5 Å². The number of amides is 2. The summed E-state index contributed by atoms with van der Waals surface area (Å²) in [5, 5.41) is 17.5. The van der Waals surface area contributed by atoms with Gasteiger partial charge < -0.3 is 30.1 Å². The number of aliphatic hydroxyl groups is 1. The Labute approximate surface area is 256 Å². The number of sulfonamides is 1. The molecule has 2 unspecified atom stereocenters. The Morgan fingerprint density at radius 3 is 2.48 bits per heavy atom. The van der Waals surface area contributed by atoms with Crippen LogP contribution in [0.1, 0.15) is 31.7 Å². The van der Waals surface area contributed by atoms with E-state index < -0.39 is 51.7 Å². The third kappa shape index (κ3) is 7.84. The summed E-state index contributed by atoms with van der Waals surface area (Å²) in [5.41, 5.74) is 0.199. The maximum atomic E-state index is 14.0. The fraction of sp³-hybridized carbons (Fsp3) is 0.533. The molecule has 0 aromatic heterocycles. The lowest BCUT2D eigenvalue weighted by atomic mass is 9.94. The van der Waals surface area contributed by atoms with Crippen LogP contribution in [0, 0.1) is 17.6 Å². The predicted molar refractivity (Wildman–Crippen MR) is 158 cm³/mol. The molecule has 2 saturated heterocycles. The number of hydrogen-bond donors (Lipinski definition) is 3. The molecule has 2 fully saturated rings. The van der Waals surface area contributed by atoms with E-state index in [2.05, 4.69) is 10.6 Å². The zero-order valence-corrected chi connectivity index (χ0v) is 25.9. The Hall–Kier alpha value is -3.33. The van der Waals surface area contributed by atoms with Gasteiger partial charge in [0.1, 0.15) is 11.6 Å². The SMILES string of the molecule is CCCCN1CC(C(=O)NC(Cc2cc(F)cc(F)c2)[C@H](O)[C@H]2CN(S(=O)(=O)c3ccc(OC)c(OC)c3)CCN2)CC1=O. The number of rotatable bonds is 13. The Bertz CT molecular complexity index is 1420. The first-order valence-electron chi connectivity index (χ1n) is 14.6. The van der Waals surface area contributed by atoms with Crippen LogP contribution in [-0.4, -0.2) is 99.7 Å². The minimum atomic E-state index is -4.02. The molecular weight excluding hydrogens is 598 g/mol. The second-order valence-corrected chi connectivity index (χ2v) is 13.1. The number of nitrogens with one attached hydrogen (secondary N) is 2. The Balaban J connectivity index is 1.54. The molecule has 0 bridgehead atoms. The minimum absolute atomic E-state index is 0.0198. The fourth-order valence-electron chi connectivity index (χ4n) is 5.66. The van der Waals surface area contributed by atoms with E-state index in [9.17, 15) is 31.9 Å². The number of carbonyl (C=O) groups excluding carboxylic acids is 2. The first-order valence-corrected chi connectivity index (χ1v) is 16.1. The van der Waals surface area contributed by atoms with Gasteiger partial charge in [0.25, 0.3) is 0 Å². The number of nitrogens with zero attached hydrogens (tertiary/aromatic N) is 2. The molecule has 4 rings (SSSR count). The molecule has 11 nitrogen and oxygen atoms in total. The number of likely N-dealkylation sites (tertiary alicyclic amines) is 1. The van der Waals surface area contributed by atoms with Crippen molar-refractivity contribution in [1.29, 1.82) is 0 Å². The largest absolute Gasteiger partial charge is 0.493 e. The quantitative estimate of drug-likeness (QED) is 0.302. The zero-order chi connectivity index (χ0) is 32.0. The number of halogens is 2. The molecule has 0 radical (unpaired) electrons. The number of ether oxygens (including phenoxy) is 2. The minimum Gasteiger partial charge on any atom is -0.493 e. The Morgan fingerprint density at radius 1 is 1.11 bits per heavy atom. The number of hydrogen-bond acceptors (Lipinski definition) is 8. The molecule has 2 aliphatic rings. The summed E-state index contributed by atoms with van der Waals surface area (Å²) in [6, 6.07) is 5.31. The van der Waals surface area contributed by atoms with Gasteiger partial charge in [-0.1, -0.05) is 13.3 Å². The maximum absolute atomic E-state index is 14.0. The fourth-order valence-corrected chi connectivity index (χ4v) is 7.14. The van der Waals surface area contributed by atoms with Gasteiger partial charge in [-0.3, -0.25) is 9.59 Å². The van der Waals surface area contributed by atoms with E-state index in [1.807, 2.05) is 6.92 Å². The molecule has 2 aliphatic heterocycles. The summed E-state index contributed by atoms with van der Waals surface area (Å²) in [6.45, 7) is 2.96. The van der Waals surface area contributed by atoms with E-state index >= 15 is 0 Å². The third-order valence-corrected chi connectivity index (χ3v) is 9.92. The summed E-state index contributed by atoms with van der Waals surface area (Å²) in [7, 11) is -1.18. The average molecular weight is 639 g/mol. The molecule has 2 heterocycles. The maximum Gasteiger partial charge on any atom is 0.243 e. The van der Waals surface area contributed by atoms with Crippen molar-refractivity contribution < 1.29 is 41.4 Å². The number of unbranched alkanes of at least 4 members (excludes halogenated alkanes) is 1. The molecule has 0 aliphatic carbocycles. The number of piperazine rings is 1. The summed E-state index contributed by atoms with van der Waals surface area (Å²) in [6.07, 6.45) is 0.227. The molecule has 2 aromatic carbocycles. The molecule has 44 heavy (non-hydrogen) atoms. The summed E-state index contributed by atoms with van der Waals surface area (Å²) in [5.74, 6) is -2.27. The zero-order valence-electron chi connectivity index (χ0n) is 25.1. The number of methoxy groups -OCH3 is 2. The van der Waals surface area contributed by atoms with Crippen LogP contribution in [0.3, 0.4) is 0 Å². The van der Waals surface area contributed by atoms with E-state index in [-0.39, 0.29) is 61.1 Å². The average Bonchev–Trinajstić information content (AvgIpc) is 3.38. The standard InChI is InChI=1S/C30H40F2N4O7S/c1-4-5-9-35-17-20(14-28(35)37)30(39)34-24(13-19-11-21(31)15-22(32)12-19)29(38)25-18-36(10-8-33-25)44(40,41)23-6-7-26(42-2)27(16-23)43-3/h6-7,11-12,15-16,20,24-25,29,33,38H,4-5,8-10,13-14,17-18H2,1-3H3,(H,34,39)/t20?,24?,25-,29+/m1/s1. The van der Waals surface area contributed by atoms with Crippen LogP contribution in [0.4, 0.5) is 8.78 Å². The molecule has 2 amide bonds. The lowest BCUT2D eigenvalue weighted by Crippen LogP contribution is -2.62. The molecule has 14 heteroatoms. The third-order valence-electron chi connectivity index (χ3n) is 8.06. The predicted octanol–water partition coefficient (Wildman–Crippen LogP) is 1.68. The van der Waals surface area contributed by atoms with Gasteiger partial charge in [-0.05, 0) is 42.7 Å². The van der Waals surface area contributed by atoms with Gasteiger partial charge in [-0.25, -0.2) is 17.2 Å². The van der Waals surface area contributed by atoms with Crippen LogP contribution < -0.4 is 20.1 Å². The van der Waals surface area contributed by atoms with Crippen molar-refractivity contribution in [3.63, 3.8) is 0 Å². The van der Waals surface area contributed by atoms with Crippen LogP contribution in [0.5, 0.6) is 11.5 Å². The van der Waals surface area contributed by atoms with Gasteiger partial charge in [0.15, 0.2) is 11.5 Å². The first kappa shape index (κ1) is 33.6. The van der Waals surface area contributed by atoms with Gasteiger partial charge >= 0.3 is 0 Å². The van der Waals surface area contributed by atoms with Gasteiger partial charge in [-0.2, -0.15) is 4.31 Å². The summed E-state index contributed by atoms with van der Waals surface area (Å²) >= 11 is 0. The van der Waals surface area contributed by atoms with E-state index in [4.69, 9.17) is 9.47 Å².